The first-order valence-electron chi connectivity index (χ1n) is 6.45. The molecule has 1 aromatic rings. The van der Waals surface area contributed by atoms with Crippen LogP contribution in [-0.2, 0) is 16.1 Å². The molecule has 8 nitrogen and oxygen atoms in total. The molecule has 0 aromatic heterocycles. The van der Waals surface area contributed by atoms with Gasteiger partial charge in [-0.15, -0.1) is 0 Å². The van der Waals surface area contributed by atoms with Crippen molar-refractivity contribution in [3.63, 3.8) is 0 Å². The second-order valence-corrected chi connectivity index (χ2v) is 4.52. The van der Waals surface area contributed by atoms with Crippen LogP contribution in [0.5, 0.6) is 5.75 Å². The fourth-order valence-corrected chi connectivity index (χ4v) is 1.57. The summed E-state index contributed by atoms with van der Waals surface area (Å²) in [6.45, 7) is 1.54. The summed E-state index contributed by atoms with van der Waals surface area (Å²) in [6, 6.07) is 5.73. The normalized spacial score (nSPS) is 14.0. The van der Waals surface area contributed by atoms with Crippen LogP contribution in [-0.4, -0.2) is 45.6 Å². The Hall–Kier alpha value is -1.55. The van der Waals surface area contributed by atoms with Gasteiger partial charge in [0.15, 0.2) is 0 Å². The summed E-state index contributed by atoms with van der Waals surface area (Å²) < 4.78 is 5.08. The molecule has 0 aliphatic heterocycles. The lowest BCUT2D eigenvalue weighted by molar-refractivity contribution is -0.492. The first-order chi connectivity index (χ1) is 9.90. The molecule has 0 aliphatic rings. The van der Waals surface area contributed by atoms with Gasteiger partial charge in [0.25, 0.3) is 0 Å². The van der Waals surface area contributed by atoms with E-state index in [1.807, 2.05) is 6.07 Å². The number of carbonyl (C=O) groups is 1. The summed E-state index contributed by atoms with van der Waals surface area (Å²) in [6.07, 6.45) is 0.155. The minimum atomic E-state index is -1.10. The number of aliphatic hydroxyl groups is 1. The Morgan fingerprint density at radius 1 is 1.43 bits per heavy atom. The van der Waals surface area contributed by atoms with Crippen LogP contribution in [0.25, 0.3) is 0 Å². The minimum absolute atomic E-state index is 0.129. The molecule has 1 aromatic carbocycles. The molecule has 0 saturated heterocycles. The van der Waals surface area contributed by atoms with Crippen molar-refractivity contribution < 1.29 is 29.9 Å². The van der Waals surface area contributed by atoms with Crippen molar-refractivity contribution in [1.29, 1.82) is 0 Å². The highest BCUT2D eigenvalue weighted by Crippen LogP contribution is 2.15. The molecular formula is C13H20N2O6. The van der Waals surface area contributed by atoms with Gasteiger partial charge >= 0.3 is 5.97 Å². The number of rotatable bonds is 8. The van der Waals surface area contributed by atoms with Gasteiger partial charge < -0.3 is 15.6 Å². The highest BCUT2D eigenvalue weighted by atomic mass is 17.1. The topological polar surface area (TPSA) is 125 Å². The number of benzene rings is 1. The van der Waals surface area contributed by atoms with Crippen molar-refractivity contribution >= 4 is 5.97 Å². The van der Waals surface area contributed by atoms with Crippen molar-refractivity contribution in [3.8, 4) is 5.75 Å². The monoisotopic (exact) mass is 300 g/mol. The third-order valence-corrected chi connectivity index (χ3v) is 2.73. The first-order valence-corrected chi connectivity index (χ1v) is 6.45. The van der Waals surface area contributed by atoms with Gasteiger partial charge in [-0.3, -0.25) is 15.3 Å². The summed E-state index contributed by atoms with van der Waals surface area (Å²) in [5.74, 6) is -0.373. The van der Waals surface area contributed by atoms with Gasteiger partial charge in [-0.05, 0) is 37.5 Å². The molecule has 0 saturated carbocycles. The van der Waals surface area contributed by atoms with E-state index in [0.717, 1.165) is 5.56 Å². The van der Waals surface area contributed by atoms with Crippen LogP contribution in [0.3, 0.4) is 0 Å². The number of hydrogen-bond donors (Lipinski definition) is 4. The first kappa shape index (κ1) is 17.5. The van der Waals surface area contributed by atoms with Crippen molar-refractivity contribution in [2.45, 2.75) is 31.9 Å². The van der Waals surface area contributed by atoms with Gasteiger partial charge in [0.1, 0.15) is 11.8 Å². The summed E-state index contributed by atoms with van der Waals surface area (Å²) in [5, 5.41) is 25.6. The molecule has 0 bridgehead atoms. The van der Waals surface area contributed by atoms with Crippen LogP contribution in [0, 0.1) is 0 Å². The fourth-order valence-electron chi connectivity index (χ4n) is 1.57. The molecule has 0 radical (unpaired) electrons. The molecule has 0 aliphatic carbocycles. The lowest BCUT2D eigenvalue weighted by Gasteiger charge is -2.14. The Bertz CT molecular complexity index is 452. The van der Waals surface area contributed by atoms with Crippen LogP contribution in [0.2, 0.25) is 0 Å². The van der Waals surface area contributed by atoms with E-state index >= 15 is 0 Å². The summed E-state index contributed by atoms with van der Waals surface area (Å²) in [7, 11) is 0. The van der Waals surface area contributed by atoms with Crippen LogP contribution in [0.15, 0.2) is 24.3 Å². The van der Waals surface area contributed by atoms with Crippen LogP contribution in [0.4, 0.5) is 0 Å². The van der Waals surface area contributed by atoms with E-state index in [1.54, 1.807) is 18.2 Å². The SMILES string of the molecule is CC(O)C(N)C(=O)Oc1cccc(CCCON(O)O)c1. The smallest absolute Gasteiger partial charge is 0.330 e. The van der Waals surface area contributed by atoms with E-state index in [0.29, 0.717) is 18.6 Å². The second kappa shape index (κ2) is 8.67. The third kappa shape index (κ3) is 6.63. The Morgan fingerprint density at radius 2 is 2.14 bits per heavy atom. The van der Waals surface area contributed by atoms with Crippen molar-refractivity contribution in [2.75, 3.05) is 6.61 Å². The Labute approximate surface area is 122 Å². The molecule has 2 atom stereocenters. The summed E-state index contributed by atoms with van der Waals surface area (Å²) in [5.41, 5.74) is 6.37. The molecule has 21 heavy (non-hydrogen) atoms. The zero-order valence-electron chi connectivity index (χ0n) is 11.7. The lowest BCUT2D eigenvalue weighted by atomic mass is 10.1. The second-order valence-electron chi connectivity index (χ2n) is 4.52. The third-order valence-electron chi connectivity index (χ3n) is 2.73. The molecule has 0 heterocycles. The van der Waals surface area contributed by atoms with Gasteiger partial charge in [-0.1, -0.05) is 12.1 Å². The van der Waals surface area contributed by atoms with E-state index in [1.165, 1.54) is 6.92 Å². The average Bonchev–Trinajstić information content (AvgIpc) is 2.42. The molecule has 1 rings (SSSR count). The number of aryl methyl sites for hydroxylation is 1. The maximum atomic E-state index is 11.6. The van der Waals surface area contributed by atoms with Crippen molar-refractivity contribution in [1.82, 2.24) is 5.39 Å². The van der Waals surface area contributed by atoms with Crippen LogP contribution >= 0.6 is 0 Å². The van der Waals surface area contributed by atoms with Crippen LogP contribution in [0.1, 0.15) is 18.9 Å². The Morgan fingerprint density at radius 3 is 2.76 bits per heavy atom. The molecule has 5 N–H and O–H groups in total. The quantitative estimate of drug-likeness (QED) is 0.233. The van der Waals surface area contributed by atoms with Gasteiger partial charge in [0.2, 0.25) is 0 Å². The predicted octanol–water partition coefficient (Wildman–Crippen LogP) is 0.245. The van der Waals surface area contributed by atoms with Crippen molar-refractivity contribution in [3.05, 3.63) is 29.8 Å². The summed E-state index contributed by atoms with van der Waals surface area (Å²) in [4.78, 5) is 16.0. The molecule has 118 valence electrons. The average molecular weight is 300 g/mol. The zero-order chi connectivity index (χ0) is 15.8. The van der Waals surface area contributed by atoms with E-state index in [2.05, 4.69) is 4.84 Å². The number of nitrogens with two attached hydrogens (primary N) is 1. The lowest BCUT2D eigenvalue weighted by Crippen LogP contribution is -2.42. The maximum absolute atomic E-state index is 11.6. The number of aliphatic hydroxyl groups excluding tert-OH is 1. The standard InChI is InChI=1S/C13H20N2O6/c1-9(16)12(14)13(17)21-11-6-2-4-10(8-11)5-3-7-20-15(18)19/h2,4,6,8-9,12,16,18-19H,3,5,7,14H2,1H3. The van der Waals surface area contributed by atoms with Gasteiger partial charge in [0, 0.05) is 0 Å². The largest absolute Gasteiger partial charge is 0.425 e. The van der Waals surface area contributed by atoms with E-state index in [9.17, 15) is 9.90 Å². The Balaban J connectivity index is 2.50. The predicted molar refractivity (Wildman–Crippen MR) is 71.4 cm³/mol. The van der Waals surface area contributed by atoms with Gasteiger partial charge in [-0.2, -0.15) is 0 Å². The molecule has 0 fully saturated rings. The van der Waals surface area contributed by atoms with E-state index < -0.39 is 18.1 Å². The van der Waals surface area contributed by atoms with E-state index in [-0.39, 0.29) is 12.0 Å². The number of carbonyl (C=O) groups excluding carboxylic acids is 1. The van der Waals surface area contributed by atoms with Crippen LogP contribution < -0.4 is 10.5 Å². The summed E-state index contributed by atoms with van der Waals surface area (Å²) >= 11 is 0. The maximum Gasteiger partial charge on any atom is 0.330 e. The number of esters is 1. The Kier molecular flexibility index (Phi) is 7.23. The molecule has 0 amide bonds. The molecule has 2 unspecified atom stereocenters. The highest BCUT2D eigenvalue weighted by Gasteiger charge is 2.20. The van der Waals surface area contributed by atoms with Gasteiger partial charge in [-0.25, -0.2) is 4.79 Å². The number of ether oxygens (including phenoxy) is 1. The minimum Gasteiger partial charge on any atom is -0.425 e. The molecule has 8 heteroatoms. The van der Waals surface area contributed by atoms with E-state index in [4.69, 9.17) is 20.9 Å². The molecular weight excluding hydrogens is 280 g/mol. The van der Waals surface area contributed by atoms with Gasteiger partial charge in [0.05, 0.1) is 18.1 Å². The zero-order valence-corrected chi connectivity index (χ0v) is 11.7. The number of hydrogen-bond acceptors (Lipinski definition) is 8. The highest BCUT2D eigenvalue weighted by molar-refractivity contribution is 5.78. The molecule has 0 spiro atoms. The number of nitrogens with zero attached hydrogens (tertiary/aromatic N) is 1. The van der Waals surface area contributed by atoms with Crippen molar-refractivity contribution in [2.24, 2.45) is 5.73 Å². The fraction of sp³-hybridized carbons (Fsp3) is 0.462.